The summed E-state index contributed by atoms with van der Waals surface area (Å²) in [6.07, 6.45) is 2.32. The molecule has 0 fully saturated rings. The summed E-state index contributed by atoms with van der Waals surface area (Å²) in [4.78, 5) is 14.7. The summed E-state index contributed by atoms with van der Waals surface area (Å²) in [6.45, 7) is 12.7. The summed E-state index contributed by atoms with van der Waals surface area (Å²) in [6, 6.07) is 16.3. The van der Waals surface area contributed by atoms with Crippen LogP contribution in [-0.4, -0.2) is 64.7 Å². The number of aliphatic hydroxyl groups excluding tert-OH is 1. The number of carbonyl (C=O) groups is 1. The lowest BCUT2D eigenvalue weighted by molar-refractivity contribution is -0.0349. The minimum absolute atomic E-state index is 0.0656. The SMILES string of the molecule is CCCCOC(C)(C)CCOC(=O)NCCN1Cc2ccccc2-c2c(nnn2C(C)(C)CO)-c2ccccc21. The van der Waals surface area contributed by atoms with Gasteiger partial charge in [0.05, 0.1) is 30.0 Å². The van der Waals surface area contributed by atoms with Crippen molar-refractivity contribution in [3.63, 3.8) is 0 Å². The van der Waals surface area contributed by atoms with Crippen molar-refractivity contribution in [1.29, 1.82) is 0 Å². The molecule has 0 radical (unpaired) electrons. The number of hydrogen-bond donors (Lipinski definition) is 2. The van der Waals surface area contributed by atoms with E-state index in [1.807, 2.05) is 62.7 Å². The number of aliphatic hydroxyl groups is 1. The molecule has 40 heavy (non-hydrogen) atoms. The van der Waals surface area contributed by atoms with Crippen LogP contribution in [0.1, 0.15) is 59.4 Å². The first-order valence-corrected chi connectivity index (χ1v) is 14.2. The fourth-order valence-electron chi connectivity index (χ4n) is 4.82. The highest BCUT2D eigenvalue weighted by atomic mass is 16.6. The fourth-order valence-corrected chi connectivity index (χ4v) is 4.82. The second-order valence-corrected chi connectivity index (χ2v) is 11.5. The van der Waals surface area contributed by atoms with E-state index in [1.165, 1.54) is 0 Å². The lowest BCUT2D eigenvalue weighted by Crippen LogP contribution is -2.36. The van der Waals surface area contributed by atoms with Crippen molar-refractivity contribution in [2.75, 3.05) is 37.8 Å². The average Bonchev–Trinajstić information content (AvgIpc) is 3.37. The number of amides is 1. The number of alkyl carbamates (subject to hydrolysis) is 1. The molecule has 2 heterocycles. The molecule has 0 unspecified atom stereocenters. The molecule has 0 saturated heterocycles. The van der Waals surface area contributed by atoms with Crippen molar-refractivity contribution >= 4 is 11.8 Å². The molecule has 0 spiro atoms. The molecule has 2 N–H and O–H groups in total. The Morgan fingerprint density at radius 3 is 2.52 bits per heavy atom. The number of benzene rings is 2. The standard InChI is InChI=1S/C31H43N5O4/c1-6-7-19-40-31(4,5)16-20-39-29(38)32-17-18-35-21-23-12-8-9-13-24(23)28-27(25-14-10-11-15-26(25)35)33-34-36(28)30(2,3)22-37/h8-15,37H,6-7,16-22H2,1-5H3,(H,32,38). The van der Waals surface area contributed by atoms with Gasteiger partial charge in [0.25, 0.3) is 0 Å². The third-order valence-electron chi connectivity index (χ3n) is 7.34. The van der Waals surface area contributed by atoms with Gasteiger partial charge < -0.3 is 24.8 Å². The summed E-state index contributed by atoms with van der Waals surface area (Å²) >= 11 is 0. The highest BCUT2D eigenvalue weighted by Crippen LogP contribution is 2.42. The minimum Gasteiger partial charge on any atom is -0.449 e. The highest BCUT2D eigenvalue weighted by molar-refractivity contribution is 5.88. The van der Waals surface area contributed by atoms with Gasteiger partial charge >= 0.3 is 6.09 Å². The van der Waals surface area contributed by atoms with Crippen LogP contribution in [0.5, 0.6) is 0 Å². The number of hydrogen-bond acceptors (Lipinski definition) is 7. The summed E-state index contributed by atoms with van der Waals surface area (Å²) in [5.74, 6) is 0. The zero-order valence-corrected chi connectivity index (χ0v) is 24.4. The zero-order valence-electron chi connectivity index (χ0n) is 24.4. The Kier molecular flexibility index (Phi) is 9.48. The van der Waals surface area contributed by atoms with Crippen molar-refractivity contribution < 1.29 is 19.4 Å². The molecule has 4 rings (SSSR count). The van der Waals surface area contributed by atoms with E-state index >= 15 is 0 Å². The topological polar surface area (TPSA) is 102 Å². The van der Waals surface area contributed by atoms with Gasteiger partial charge in [0.2, 0.25) is 0 Å². The number of anilines is 1. The van der Waals surface area contributed by atoms with Crippen molar-refractivity contribution in [3.8, 4) is 22.5 Å². The van der Waals surface area contributed by atoms with Crippen molar-refractivity contribution in [2.45, 2.75) is 71.6 Å². The first kappa shape index (κ1) is 29.6. The van der Waals surface area contributed by atoms with E-state index in [0.29, 0.717) is 39.3 Å². The Hall–Kier alpha value is -3.43. The van der Waals surface area contributed by atoms with Crippen LogP contribution in [0.4, 0.5) is 10.5 Å². The molecular weight excluding hydrogens is 506 g/mol. The van der Waals surface area contributed by atoms with Crippen LogP contribution < -0.4 is 10.2 Å². The molecule has 0 atom stereocenters. The Labute approximate surface area is 237 Å². The van der Waals surface area contributed by atoms with Gasteiger partial charge in [-0.2, -0.15) is 0 Å². The van der Waals surface area contributed by atoms with Crippen LogP contribution in [-0.2, 0) is 21.6 Å². The molecule has 1 aromatic heterocycles. The molecule has 1 aliphatic rings. The normalized spacial score (nSPS) is 13.1. The number of nitrogens with one attached hydrogen (secondary N) is 1. The Bertz CT molecular complexity index is 1290. The first-order valence-electron chi connectivity index (χ1n) is 14.2. The quantitative estimate of drug-likeness (QED) is 0.293. The lowest BCUT2D eigenvalue weighted by atomic mass is 9.94. The van der Waals surface area contributed by atoms with E-state index < -0.39 is 11.6 Å². The number of fused-ring (bicyclic) bond motifs is 5. The second-order valence-electron chi connectivity index (χ2n) is 11.5. The smallest absolute Gasteiger partial charge is 0.407 e. The van der Waals surface area contributed by atoms with Crippen LogP contribution in [0.25, 0.3) is 22.5 Å². The van der Waals surface area contributed by atoms with Crippen LogP contribution in [0.15, 0.2) is 48.5 Å². The van der Waals surface area contributed by atoms with E-state index in [0.717, 1.165) is 46.6 Å². The molecule has 9 nitrogen and oxygen atoms in total. The number of ether oxygens (including phenoxy) is 2. The van der Waals surface area contributed by atoms with E-state index in [4.69, 9.17) is 9.47 Å². The predicted octanol–water partition coefficient (Wildman–Crippen LogP) is 5.37. The third kappa shape index (κ3) is 6.82. The van der Waals surface area contributed by atoms with Gasteiger partial charge in [-0.3, -0.25) is 0 Å². The largest absolute Gasteiger partial charge is 0.449 e. The minimum atomic E-state index is -0.622. The number of para-hydroxylation sites is 1. The Morgan fingerprint density at radius 1 is 1.05 bits per heavy atom. The molecule has 0 aliphatic carbocycles. The average molecular weight is 550 g/mol. The van der Waals surface area contributed by atoms with Crippen LogP contribution >= 0.6 is 0 Å². The van der Waals surface area contributed by atoms with E-state index in [9.17, 15) is 9.90 Å². The maximum absolute atomic E-state index is 12.5. The second kappa shape index (κ2) is 12.8. The van der Waals surface area contributed by atoms with Gasteiger partial charge in [-0.15, -0.1) is 5.10 Å². The molecule has 0 bridgehead atoms. The molecule has 9 heteroatoms. The van der Waals surface area contributed by atoms with Crippen molar-refractivity contribution in [2.24, 2.45) is 0 Å². The summed E-state index contributed by atoms with van der Waals surface area (Å²) in [5.41, 5.74) is 4.82. The van der Waals surface area contributed by atoms with Crippen LogP contribution in [0.2, 0.25) is 0 Å². The lowest BCUT2D eigenvalue weighted by Gasteiger charge is -2.31. The zero-order chi connectivity index (χ0) is 28.8. The summed E-state index contributed by atoms with van der Waals surface area (Å²) in [5, 5.41) is 22.1. The molecule has 3 aromatic rings. The number of unbranched alkanes of at least 4 members (excludes halogenated alkanes) is 1. The number of nitrogens with zero attached hydrogens (tertiary/aromatic N) is 4. The highest BCUT2D eigenvalue weighted by Gasteiger charge is 2.31. The Balaban J connectivity index is 1.49. The first-order chi connectivity index (χ1) is 19.2. The predicted molar refractivity (Wildman–Crippen MR) is 157 cm³/mol. The van der Waals surface area contributed by atoms with Gasteiger partial charge in [0.1, 0.15) is 5.69 Å². The van der Waals surface area contributed by atoms with Crippen molar-refractivity contribution in [1.82, 2.24) is 20.3 Å². The van der Waals surface area contributed by atoms with Crippen molar-refractivity contribution in [3.05, 3.63) is 54.1 Å². The van der Waals surface area contributed by atoms with E-state index in [-0.39, 0.29) is 12.2 Å². The summed E-state index contributed by atoms with van der Waals surface area (Å²) in [7, 11) is 0. The van der Waals surface area contributed by atoms with Crippen LogP contribution in [0.3, 0.4) is 0 Å². The number of rotatable bonds is 12. The monoisotopic (exact) mass is 549 g/mol. The molecule has 1 aliphatic heterocycles. The van der Waals surface area contributed by atoms with E-state index in [2.05, 4.69) is 45.7 Å². The maximum Gasteiger partial charge on any atom is 0.407 e. The van der Waals surface area contributed by atoms with Gasteiger partial charge in [0, 0.05) is 49.5 Å². The molecular formula is C31H43N5O4. The maximum atomic E-state index is 12.5. The third-order valence-corrected chi connectivity index (χ3v) is 7.34. The van der Waals surface area contributed by atoms with Crippen LogP contribution in [0, 0.1) is 0 Å². The molecule has 2 aromatic carbocycles. The van der Waals surface area contributed by atoms with E-state index in [1.54, 1.807) is 0 Å². The molecule has 216 valence electrons. The summed E-state index contributed by atoms with van der Waals surface area (Å²) < 4.78 is 13.2. The number of aromatic nitrogens is 3. The van der Waals surface area contributed by atoms with Gasteiger partial charge in [-0.05, 0) is 45.7 Å². The van der Waals surface area contributed by atoms with Gasteiger partial charge in [-0.1, -0.05) is 61.0 Å². The fraction of sp³-hybridized carbons (Fsp3) is 0.516. The molecule has 1 amide bonds. The Morgan fingerprint density at radius 2 is 1.77 bits per heavy atom. The van der Waals surface area contributed by atoms with Gasteiger partial charge in [0.15, 0.2) is 0 Å². The number of carbonyl (C=O) groups excluding carboxylic acids is 1. The van der Waals surface area contributed by atoms with Gasteiger partial charge in [-0.25, -0.2) is 9.48 Å². The molecule has 0 saturated carbocycles.